The topological polar surface area (TPSA) is 79.3 Å². The summed E-state index contributed by atoms with van der Waals surface area (Å²) in [6.07, 6.45) is 0. The molecule has 1 amide bonds. The van der Waals surface area contributed by atoms with E-state index in [1.165, 1.54) is 12.0 Å². The van der Waals surface area contributed by atoms with Crippen molar-refractivity contribution in [3.8, 4) is 11.5 Å². The van der Waals surface area contributed by atoms with Crippen molar-refractivity contribution in [3.63, 3.8) is 0 Å². The number of carbonyl (C=O) groups is 2. The van der Waals surface area contributed by atoms with Crippen molar-refractivity contribution < 1.29 is 24.2 Å². The lowest BCUT2D eigenvalue weighted by Gasteiger charge is -2.27. The minimum absolute atomic E-state index is 0.0535. The van der Waals surface area contributed by atoms with Crippen LogP contribution < -0.4 is 9.47 Å². The van der Waals surface area contributed by atoms with Crippen LogP contribution in [-0.2, 0) is 9.59 Å². The van der Waals surface area contributed by atoms with Crippen LogP contribution in [0.1, 0.15) is 22.7 Å². The number of amides is 1. The third-order valence-electron chi connectivity index (χ3n) is 5.43. The van der Waals surface area contributed by atoms with Crippen LogP contribution in [0.5, 0.6) is 11.5 Å². The van der Waals surface area contributed by atoms with Crippen LogP contribution in [0.15, 0.2) is 48.0 Å². The molecule has 0 radical (unpaired) electrons. The molecule has 2 aromatic rings. The van der Waals surface area contributed by atoms with E-state index in [-0.39, 0.29) is 11.3 Å². The number of hydrogen-bond donors (Lipinski definition) is 1. The maximum Gasteiger partial charge on any atom is 0.295 e. The second-order valence-corrected chi connectivity index (χ2v) is 7.72. The molecule has 0 aliphatic carbocycles. The third-order valence-corrected chi connectivity index (χ3v) is 5.43. The van der Waals surface area contributed by atoms with Gasteiger partial charge in [0, 0.05) is 24.2 Å². The highest BCUT2D eigenvalue weighted by molar-refractivity contribution is 6.46. The van der Waals surface area contributed by atoms with Gasteiger partial charge in [0.25, 0.3) is 11.7 Å². The highest BCUT2D eigenvalue weighted by Gasteiger charge is 2.46. The fourth-order valence-corrected chi connectivity index (χ4v) is 3.82. The number of aliphatic hydroxyl groups excluding tert-OH is 1. The Bertz CT molecular complexity index is 1030. The number of rotatable bonds is 7. The number of ketones is 1. The zero-order valence-corrected chi connectivity index (χ0v) is 18.5. The van der Waals surface area contributed by atoms with E-state index < -0.39 is 17.7 Å². The highest BCUT2D eigenvalue weighted by Crippen LogP contribution is 2.42. The second kappa shape index (κ2) is 9.22. The lowest BCUT2D eigenvalue weighted by molar-refractivity contribution is -0.140. The summed E-state index contributed by atoms with van der Waals surface area (Å²) in [4.78, 5) is 29.5. The van der Waals surface area contributed by atoms with Crippen LogP contribution in [-0.4, -0.2) is 68.0 Å². The van der Waals surface area contributed by atoms with E-state index in [2.05, 4.69) is 0 Å². The summed E-state index contributed by atoms with van der Waals surface area (Å²) in [6, 6.07) is 11.6. The molecular formula is C24H28N2O5. The summed E-state index contributed by atoms with van der Waals surface area (Å²) in [6.45, 7) is 2.75. The van der Waals surface area contributed by atoms with Gasteiger partial charge in [-0.15, -0.1) is 0 Å². The van der Waals surface area contributed by atoms with Crippen molar-refractivity contribution in [1.29, 1.82) is 0 Å². The van der Waals surface area contributed by atoms with E-state index in [1.807, 2.05) is 44.1 Å². The van der Waals surface area contributed by atoms with Gasteiger partial charge in [0.1, 0.15) is 17.3 Å². The number of aryl methyl sites for hydroxylation is 1. The number of ether oxygens (including phenoxy) is 2. The first-order valence-electron chi connectivity index (χ1n) is 10.0. The number of likely N-dealkylation sites (tertiary alicyclic amines) is 1. The summed E-state index contributed by atoms with van der Waals surface area (Å²) in [5.41, 5.74) is 1.96. The smallest absolute Gasteiger partial charge is 0.295 e. The number of Topliss-reactive ketones (excluding diaryl/α,β-unsaturated/α-hetero) is 1. The number of carbonyl (C=O) groups excluding carboxylic acids is 2. The van der Waals surface area contributed by atoms with Crippen molar-refractivity contribution in [3.05, 3.63) is 64.7 Å². The van der Waals surface area contributed by atoms with Crippen LogP contribution >= 0.6 is 0 Å². The molecule has 7 nitrogen and oxygen atoms in total. The number of nitrogens with zero attached hydrogens (tertiary/aromatic N) is 2. The molecule has 2 aromatic carbocycles. The Hall–Kier alpha value is -3.32. The van der Waals surface area contributed by atoms with Crippen LogP contribution in [0, 0.1) is 6.92 Å². The van der Waals surface area contributed by atoms with Crippen molar-refractivity contribution in [2.75, 3.05) is 41.4 Å². The summed E-state index contributed by atoms with van der Waals surface area (Å²) >= 11 is 0. The number of hydrogen-bond acceptors (Lipinski definition) is 6. The Morgan fingerprint density at radius 3 is 2.35 bits per heavy atom. The fraction of sp³-hybridized carbons (Fsp3) is 0.333. The standard InChI is InChI=1S/C24H28N2O5/c1-15-14-16(10-11-18(15)30-4)22(27)20-21(17-8-6-7-9-19(17)31-5)26(13-12-25(2)3)24(29)23(20)28/h6-11,14,21,27H,12-13H2,1-5H3/b22-20+/t21-/m0/s1. The molecule has 1 aliphatic heterocycles. The molecule has 164 valence electrons. The number of para-hydroxylation sites is 1. The van der Waals surface area contributed by atoms with Gasteiger partial charge >= 0.3 is 0 Å². The molecule has 1 aliphatic rings. The summed E-state index contributed by atoms with van der Waals surface area (Å²) in [5, 5.41) is 11.2. The average molecular weight is 424 g/mol. The Labute approximate surface area is 182 Å². The number of aliphatic hydroxyl groups is 1. The second-order valence-electron chi connectivity index (χ2n) is 7.72. The van der Waals surface area contributed by atoms with E-state index in [0.717, 1.165) is 5.56 Å². The first-order chi connectivity index (χ1) is 14.8. The first kappa shape index (κ1) is 22.4. The maximum absolute atomic E-state index is 13.1. The van der Waals surface area contributed by atoms with Crippen LogP contribution in [0.3, 0.4) is 0 Å². The normalized spacial score (nSPS) is 18.0. The van der Waals surface area contributed by atoms with Crippen LogP contribution in [0.2, 0.25) is 0 Å². The van der Waals surface area contributed by atoms with Gasteiger partial charge in [-0.05, 0) is 50.8 Å². The Kier molecular flexibility index (Phi) is 6.65. The molecule has 0 aromatic heterocycles. The molecule has 1 fully saturated rings. The number of methoxy groups -OCH3 is 2. The molecule has 0 saturated carbocycles. The number of benzene rings is 2. The monoisotopic (exact) mass is 424 g/mol. The molecule has 1 saturated heterocycles. The van der Waals surface area contributed by atoms with Crippen molar-refractivity contribution >= 4 is 17.4 Å². The van der Waals surface area contributed by atoms with Crippen molar-refractivity contribution in [1.82, 2.24) is 9.80 Å². The molecule has 3 rings (SSSR count). The largest absolute Gasteiger partial charge is 0.507 e. The van der Waals surface area contributed by atoms with Gasteiger partial charge in [-0.1, -0.05) is 18.2 Å². The van der Waals surface area contributed by atoms with Crippen molar-refractivity contribution in [2.24, 2.45) is 0 Å². The van der Waals surface area contributed by atoms with Crippen LogP contribution in [0.4, 0.5) is 0 Å². The zero-order valence-electron chi connectivity index (χ0n) is 18.5. The molecule has 31 heavy (non-hydrogen) atoms. The van der Waals surface area contributed by atoms with Gasteiger partial charge in [0.2, 0.25) is 0 Å². The van der Waals surface area contributed by atoms with Crippen molar-refractivity contribution in [2.45, 2.75) is 13.0 Å². The Morgan fingerprint density at radius 2 is 1.74 bits per heavy atom. The molecule has 0 unspecified atom stereocenters. The molecular weight excluding hydrogens is 396 g/mol. The molecule has 7 heteroatoms. The predicted octanol–water partition coefficient (Wildman–Crippen LogP) is 3.00. The molecule has 1 N–H and O–H groups in total. The molecule has 0 spiro atoms. The van der Waals surface area contributed by atoms with E-state index >= 15 is 0 Å². The van der Waals surface area contributed by atoms with Crippen LogP contribution in [0.25, 0.3) is 5.76 Å². The van der Waals surface area contributed by atoms with Gasteiger partial charge in [0.05, 0.1) is 25.8 Å². The SMILES string of the molecule is COc1ccc(/C(O)=C2\C(=O)C(=O)N(CCN(C)C)[C@H]2c2ccccc2OC)cc1C. The van der Waals surface area contributed by atoms with Gasteiger partial charge in [0.15, 0.2) is 0 Å². The lowest BCUT2D eigenvalue weighted by Crippen LogP contribution is -2.35. The van der Waals surface area contributed by atoms with Gasteiger partial charge in [-0.3, -0.25) is 9.59 Å². The summed E-state index contributed by atoms with van der Waals surface area (Å²) < 4.78 is 10.8. The minimum atomic E-state index is -0.751. The summed E-state index contributed by atoms with van der Waals surface area (Å²) in [7, 11) is 6.90. The van der Waals surface area contributed by atoms with E-state index in [9.17, 15) is 14.7 Å². The maximum atomic E-state index is 13.1. The van der Waals surface area contributed by atoms with Gasteiger partial charge in [-0.25, -0.2) is 0 Å². The Balaban J connectivity index is 2.20. The molecule has 1 heterocycles. The predicted molar refractivity (Wildman–Crippen MR) is 118 cm³/mol. The minimum Gasteiger partial charge on any atom is -0.507 e. The quantitative estimate of drug-likeness (QED) is 0.418. The van der Waals surface area contributed by atoms with Gasteiger partial charge < -0.3 is 24.4 Å². The summed E-state index contributed by atoms with van der Waals surface area (Å²) in [5.74, 6) is -0.345. The van der Waals surface area contributed by atoms with E-state index in [1.54, 1.807) is 31.4 Å². The third kappa shape index (κ3) is 4.27. The molecule has 1 atom stereocenters. The van der Waals surface area contributed by atoms with Gasteiger partial charge in [-0.2, -0.15) is 0 Å². The average Bonchev–Trinajstić information content (AvgIpc) is 3.01. The highest BCUT2D eigenvalue weighted by atomic mass is 16.5. The van der Waals surface area contributed by atoms with E-state index in [4.69, 9.17) is 9.47 Å². The molecule has 0 bridgehead atoms. The zero-order chi connectivity index (χ0) is 22.7. The van der Waals surface area contributed by atoms with E-state index in [0.29, 0.717) is 35.7 Å². The fourth-order valence-electron chi connectivity index (χ4n) is 3.82. The first-order valence-corrected chi connectivity index (χ1v) is 10.0. The number of likely N-dealkylation sites (N-methyl/N-ethyl adjacent to an activating group) is 1. The lowest BCUT2D eigenvalue weighted by atomic mass is 9.94. The Morgan fingerprint density at radius 1 is 1.06 bits per heavy atom.